The number of nitro benzene ring substituents is 1. The van der Waals surface area contributed by atoms with Gasteiger partial charge in [0, 0.05) is 48.8 Å². The molecule has 0 aliphatic carbocycles. The van der Waals surface area contributed by atoms with Crippen LogP contribution in [0, 0.1) is 10.1 Å². The van der Waals surface area contributed by atoms with Crippen LogP contribution in [0.4, 0.5) is 17.1 Å². The second-order valence-electron chi connectivity index (χ2n) is 8.71. The van der Waals surface area contributed by atoms with Crippen LogP contribution in [0.15, 0.2) is 88.6 Å². The molecule has 0 fully saturated rings. The number of hydrazone groups is 1. The fraction of sp³-hybridized carbons (Fsp3) is 0.241. The summed E-state index contributed by atoms with van der Waals surface area (Å²) >= 11 is 6.58. The number of benzene rings is 2. The number of nitrogens with zero attached hydrogens (tertiary/aromatic N) is 4. The van der Waals surface area contributed by atoms with Crippen LogP contribution in [0.3, 0.4) is 0 Å². The van der Waals surface area contributed by atoms with E-state index >= 15 is 0 Å². The predicted molar refractivity (Wildman–Crippen MR) is 156 cm³/mol. The van der Waals surface area contributed by atoms with E-state index in [9.17, 15) is 10.1 Å². The summed E-state index contributed by atoms with van der Waals surface area (Å²) in [6, 6.07) is 8.41. The van der Waals surface area contributed by atoms with E-state index in [-0.39, 0.29) is 11.4 Å². The Morgan fingerprint density at radius 1 is 1.23 bits per heavy atom. The molecule has 0 atom stereocenters. The maximum absolute atomic E-state index is 11.8. The third-order valence-electron chi connectivity index (χ3n) is 5.97. The van der Waals surface area contributed by atoms with E-state index in [0.29, 0.717) is 57.9 Å². The van der Waals surface area contributed by atoms with Gasteiger partial charge in [-0.1, -0.05) is 32.0 Å². The molecule has 9 nitrogen and oxygen atoms in total. The Hall–Kier alpha value is -4.37. The molecule has 1 N–H and O–H groups in total. The van der Waals surface area contributed by atoms with E-state index < -0.39 is 4.92 Å². The normalized spacial score (nSPS) is 15.9. The van der Waals surface area contributed by atoms with Gasteiger partial charge in [-0.25, -0.2) is 5.01 Å². The molecule has 2 aliphatic heterocycles. The summed E-state index contributed by atoms with van der Waals surface area (Å²) in [6.45, 7) is 10.2. The van der Waals surface area contributed by atoms with Crippen LogP contribution in [0.1, 0.15) is 45.6 Å². The Bertz CT molecular complexity index is 1440. The smallest absolute Gasteiger partial charge is 0.311 e. The van der Waals surface area contributed by atoms with Crippen LogP contribution in [0.25, 0.3) is 0 Å². The monoisotopic (exact) mass is 547 g/mol. The molecule has 0 saturated carbocycles. The highest BCUT2D eigenvalue weighted by Gasteiger charge is 2.24. The van der Waals surface area contributed by atoms with E-state index in [4.69, 9.17) is 26.1 Å². The summed E-state index contributed by atoms with van der Waals surface area (Å²) in [5.41, 5.74) is 4.25. The van der Waals surface area contributed by atoms with Crippen molar-refractivity contribution in [3.8, 4) is 11.5 Å². The van der Waals surface area contributed by atoms with Gasteiger partial charge >= 0.3 is 5.69 Å². The van der Waals surface area contributed by atoms with Crippen molar-refractivity contribution >= 4 is 40.6 Å². The lowest BCUT2D eigenvalue weighted by Gasteiger charge is -2.20. The zero-order valence-electron chi connectivity index (χ0n) is 22.1. The standard InChI is InChI=1S/C29H30ClN5O4/c1-5-11-32-34-12-10-22(13-19(34)4)39-28-9-8-21(15-24(28)30)33-26-14-20(6-2)18-31-25-17-29(38-7-3)27(35(36)37)16-23(25)26/h8-13,15-18,31H,4-7,14H2,1-3H3/b32-11-,33-26?. The minimum absolute atomic E-state index is 0.110. The van der Waals surface area contributed by atoms with Crippen molar-refractivity contribution in [1.82, 2.24) is 5.01 Å². The maximum Gasteiger partial charge on any atom is 0.311 e. The van der Waals surface area contributed by atoms with Gasteiger partial charge in [-0.3, -0.25) is 15.1 Å². The number of halogens is 1. The van der Waals surface area contributed by atoms with Gasteiger partial charge in [0.2, 0.25) is 0 Å². The van der Waals surface area contributed by atoms with Gasteiger partial charge in [-0.05, 0) is 49.6 Å². The number of ether oxygens (including phenoxy) is 2. The highest BCUT2D eigenvalue weighted by Crippen LogP contribution is 2.38. The second-order valence-corrected chi connectivity index (χ2v) is 9.12. The van der Waals surface area contributed by atoms with Crippen LogP contribution >= 0.6 is 11.6 Å². The maximum atomic E-state index is 11.8. The Labute approximate surface area is 232 Å². The zero-order chi connectivity index (χ0) is 27.9. The molecule has 2 aromatic carbocycles. The van der Waals surface area contributed by atoms with E-state index in [1.807, 2.05) is 13.1 Å². The fourth-order valence-electron chi connectivity index (χ4n) is 4.00. The Kier molecular flexibility index (Phi) is 8.83. The van der Waals surface area contributed by atoms with Crippen molar-refractivity contribution in [2.75, 3.05) is 11.9 Å². The van der Waals surface area contributed by atoms with E-state index in [0.717, 1.165) is 18.4 Å². The Morgan fingerprint density at radius 3 is 2.72 bits per heavy atom. The van der Waals surface area contributed by atoms with Crippen LogP contribution in [0.2, 0.25) is 5.02 Å². The molecule has 0 saturated heterocycles. The lowest BCUT2D eigenvalue weighted by Crippen LogP contribution is -2.12. The molecule has 39 heavy (non-hydrogen) atoms. The molecule has 2 heterocycles. The SMILES string of the molecule is C=C1C=C(Oc2ccc(N=C3CC(CC)=CNc4cc(OCC)c([N+](=O)[O-])cc43)cc2Cl)C=CN1/N=C\CC. The quantitative estimate of drug-likeness (QED) is 0.194. The van der Waals surface area contributed by atoms with Crippen molar-refractivity contribution in [3.05, 3.63) is 99.2 Å². The van der Waals surface area contributed by atoms with E-state index in [1.54, 1.807) is 60.8 Å². The molecule has 202 valence electrons. The first-order valence-corrected chi connectivity index (χ1v) is 13.1. The van der Waals surface area contributed by atoms with Crippen molar-refractivity contribution < 1.29 is 14.4 Å². The highest BCUT2D eigenvalue weighted by molar-refractivity contribution is 6.32. The second kappa shape index (κ2) is 12.4. The third-order valence-corrected chi connectivity index (χ3v) is 6.26. The molecule has 10 heteroatoms. The summed E-state index contributed by atoms with van der Waals surface area (Å²) in [7, 11) is 0. The summed E-state index contributed by atoms with van der Waals surface area (Å²) in [4.78, 5) is 16.2. The fourth-order valence-corrected chi connectivity index (χ4v) is 4.21. The van der Waals surface area contributed by atoms with E-state index in [1.165, 1.54) is 6.07 Å². The van der Waals surface area contributed by atoms with Gasteiger partial charge < -0.3 is 14.8 Å². The highest BCUT2D eigenvalue weighted by atomic mass is 35.5. The van der Waals surface area contributed by atoms with Crippen LogP contribution in [-0.4, -0.2) is 28.5 Å². The van der Waals surface area contributed by atoms with Crippen LogP contribution < -0.4 is 14.8 Å². The van der Waals surface area contributed by atoms with Crippen molar-refractivity contribution in [2.45, 2.75) is 40.0 Å². The zero-order valence-corrected chi connectivity index (χ0v) is 22.9. The summed E-state index contributed by atoms with van der Waals surface area (Å²) in [5.74, 6) is 1.24. The molecule has 0 radical (unpaired) electrons. The van der Waals surface area contributed by atoms with Crippen LogP contribution in [0.5, 0.6) is 11.5 Å². The molecule has 0 amide bonds. The summed E-state index contributed by atoms with van der Waals surface area (Å²) in [5, 5.41) is 21.4. The number of anilines is 1. The summed E-state index contributed by atoms with van der Waals surface area (Å²) in [6.07, 6.45) is 11.2. The lowest BCUT2D eigenvalue weighted by atomic mass is 10.00. The molecule has 2 aliphatic rings. The molecule has 0 unspecified atom stereocenters. The van der Waals surface area contributed by atoms with E-state index in [2.05, 4.69) is 23.9 Å². The van der Waals surface area contributed by atoms with Gasteiger partial charge in [-0.2, -0.15) is 5.10 Å². The first kappa shape index (κ1) is 27.7. The number of hydrogen-bond acceptors (Lipinski definition) is 8. The average Bonchev–Trinajstić information content (AvgIpc) is 3.08. The molecule has 2 aromatic rings. The van der Waals surface area contributed by atoms with Gasteiger partial charge in [0.25, 0.3) is 0 Å². The van der Waals surface area contributed by atoms with Gasteiger partial charge in [0.05, 0.1) is 39.3 Å². The number of hydrogen-bond donors (Lipinski definition) is 1. The van der Waals surface area contributed by atoms with Gasteiger partial charge in [-0.15, -0.1) is 0 Å². The number of aliphatic imine (C=N–C) groups is 1. The number of allylic oxidation sites excluding steroid dienone is 3. The predicted octanol–water partition coefficient (Wildman–Crippen LogP) is 7.88. The lowest BCUT2D eigenvalue weighted by molar-refractivity contribution is -0.385. The summed E-state index contributed by atoms with van der Waals surface area (Å²) < 4.78 is 11.5. The number of nitrogens with one attached hydrogen (secondary N) is 1. The minimum atomic E-state index is -0.441. The molecule has 0 bridgehead atoms. The number of rotatable bonds is 9. The molecular formula is C29H30ClN5O4. The molecule has 0 aromatic heterocycles. The Balaban J connectivity index is 1.65. The Morgan fingerprint density at radius 2 is 2.05 bits per heavy atom. The molecule has 0 spiro atoms. The first-order valence-electron chi connectivity index (χ1n) is 12.7. The van der Waals surface area contributed by atoms with Gasteiger partial charge in [0.1, 0.15) is 11.5 Å². The van der Waals surface area contributed by atoms with Crippen LogP contribution in [-0.2, 0) is 0 Å². The minimum Gasteiger partial charge on any atom is -0.487 e. The molecule has 4 rings (SSSR count). The molecular weight excluding hydrogens is 518 g/mol. The van der Waals surface area contributed by atoms with Gasteiger partial charge in [0.15, 0.2) is 5.75 Å². The topological polar surface area (TPSA) is 102 Å². The number of fused-ring (bicyclic) bond motifs is 1. The number of nitro groups is 1. The largest absolute Gasteiger partial charge is 0.487 e. The van der Waals surface area contributed by atoms with Crippen molar-refractivity contribution in [1.29, 1.82) is 0 Å². The van der Waals surface area contributed by atoms with Crippen molar-refractivity contribution in [3.63, 3.8) is 0 Å². The van der Waals surface area contributed by atoms with Crippen molar-refractivity contribution in [2.24, 2.45) is 10.1 Å². The average molecular weight is 548 g/mol. The third kappa shape index (κ3) is 6.56. The first-order chi connectivity index (χ1) is 18.8.